The smallest absolute Gasteiger partial charge is 0.303 e. The number of benzene rings is 3. The number of carbonyl (C=O) groups excluding carboxylic acids is 1. The van der Waals surface area contributed by atoms with Gasteiger partial charge in [-0.15, -0.1) is 0 Å². The number of anilines is 1. The summed E-state index contributed by atoms with van der Waals surface area (Å²) in [5, 5.41) is 21.2. The van der Waals surface area contributed by atoms with Crippen molar-refractivity contribution in [1.29, 1.82) is 0 Å². The van der Waals surface area contributed by atoms with Gasteiger partial charge in [-0.1, -0.05) is 36.4 Å². The van der Waals surface area contributed by atoms with Crippen LogP contribution in [0.4, 0.5) is 5.69 Å². The third kappa shape index (κ3) is 7.95. The Morgan fingerprint density at radius 1 is 0.955 bits per heavy atom. The zero-order valence-corrected chi connectivity index (χ0v) is 25.2. The van der Waals surface area contributed by atoms with Gasteiger partial charge < -0.3 is 34.5 Å². The van der Waals surface area contributed by atoms with Crippen LogP contribution < -0.4 is 14.8 Å². The average Bonchev–Trinajstić information content (AvgIpc) is 3.04. The summed E-state index contributed by atoms with van der Waals surface area (Å²) < 4.78 is 24.1. The molecule has 234 valence electrons. The van der Waals surface area contributed by atoms with E-state index in [1.54, 1.807) is 20.3 Å². The first-order valence-electron chi connectivity index (χ1n) is 14.9. The van der Waals surface area contributed by atoms with Gasteiger partial charge in [0, 0.05) is 50.1 Å². The first-order chi connectivity index (χ1) is 21.3. The highest BCUT2D eigenvalue weighted by molar-refractivity contribution is 5.90. The Hall–Kier alpha value is -3.96. The summed E-state index contributed by atoms with van der Waals surface area (Å²) >= 11 is 0. The van der Waals surface area contributed by atoms with Gasteiger partial charge in [0.05, 0.1) is 33.0 Å². The number of rotatable bonds is 12. The standard InChI is InChI=1S/C34H40N2O8/c1-41-30-16-24-13-14-36(19-26(24)17-31(30)42-2)20-28-18-29(23-11-9-22(21-37)10-12-23)44-34(43-28)25-5-3-6-27(15-25)35-32(38)7-4-8-33(39)40/h3,5-6,9-12,15-17,28-29,34,37H,4,7-8,13-14,18-21H2,1-2H3,(H,35,38)(H,39,40)/t28-,29+,34+/m0/s1. The number of nitrogens with one attached hydrogen (secondary N) is 1. The quantitative estimate of drug-likeness (QED) is 0.262. The summed E-state index contributed by atoms with van der Waals surface area (Å²) in [5.74, 6) is 0.295. The van der Waals surface area contributed by atoms with Crippen LogP contribution >= 0.6 is 0 Å². The number of nitrogens with zero attached hydrogens (tertiary/aromatic N) is 1. The number of carbonyl (C=O) groups is 2. The number of ether oxygens (including phenoxy) is 4. The molecule has 1 fully saturated rings. The third-order valence-electron chi connectivity index (χ3n) is 8.11. The van der Waals surface area contributed by atoms with Crippen molar-refractivity contribution in [1.82, 2.24) is 4.90 Å². The van der Waals surface area contributed by atoms with Crippen molar-refractivity contribution in [3.63, 3.8) is 0 Å². The maximum atomic E-state index is 12.4. The van der Waals surface area contributed by atoms with E-state index in [-0.39, 0.29) is 44.0 Å². The maximum Gasteiger partial charge on any atom is 0.303 e. The molecule has 10 nitrogen and oxygen atoms in total. The van der Waals surface area contributed by atoms with E-state index in [1.807, 2.05) is 42.5 Å². The van der Waals surface area contributed by atoms with Crippen molar-refractivity contribution in [3.8, 4) is 11.5 Å². The number of fused-ring (bicyclic) bond motifs is 1. The summed E-state index contributed by atoms with van der Waals surface area (Å²) in [7, 11) is 3.30. The lowest BCUT2D eigenvalue weighted by atomic mass is 9.97. The lowest BCUT2D eigenvalue weighted by Gasteiger charge is -2.39. The van der Waals surface area contributed by atoms with E-state index < -0.39 is 12.3 Å². The number of amides is 1. The average molecular weight is 605 g/mol. The highest BCUT2D eigenvalue weighted by atomic mass is 16.7. The normalized spacial score (nSPS) is 20.0. The second kappa shape index (κ2) is 14.7. The zero-order valence-electron chi connectivity index (χ0n) is 25.2. The molecule has 1 saturated heterocycles. The van der Waals surface area contributed by atoms with E-state index in [1.165, 1.54) is 11.1 Å². The maximum absolute atomic E-state index is 12.4. The molecule has 0 bridgehead atoms. The lowest BCUT2D eigenvalue weighted by Crippen LogP contribution is -2.41. The fourth-order valence-corrected chi connectivity index (χ4v) is 5.81. The monoisotopic (exact) mass is 604 g/mol. The van der Waals surface area contributed by atoms with Crippen LogP contribution in [0.1, 0.15) is 65.9 Å². The van der Waals surface area contributed by atoms with E-state index in [9.17, 15) is 14.7 Å². The van der Waals surface area contributed by atoms with Crippen LogP contribution in [0.5, 0.6) is 11.5 Å². The SMILES string of the molecule is COc1cc2c(cc1OC)CN(C[C@@H]1C[C@H](c3ccc(CO)cc3)O[C@H](c3cccc(NC(=O)CCCC(=O)O)c3)O1)CC2. The highest BCUT2D eigenvalue weighted by Gasteiger charge is 2.34. The van der Waals surface area contributed by atoms with Crippen molar-refractivity contribution < 1.29 is 38.7 Å². The molecule has 44 heavy (non-hydrogen) atoms. The Bertz CT molecular complexity index is 1440. The van der Waals surface area contributed by atoms with Gasteiger partial charge in [-0.2, -0.15) is 0 Å². The molecule has 1 amide bonds. The number of hydrogen-bond acceptors (Lipinski definition) is 8. The molecule has 0 aromatic heterocycles. The first-order valence-corrected chi connectivity index (χ1v) is 14.9. The van der Waals surface area contributed by atoms with E-state index in [2.05, 4.69) is 22.3 Å². The molecule has 2 aliphatic rings. The molecule has 0 saturated carbocycles. The van der Waals surface area contributed by atoms with Crippen molar-refractivity contribution in [3.05, 3.63) is 88.5 Å². The number of aliphatic carboxylic acids is 1. The van der Waals surface area contributed by atoms with Crippen LogP contribution in [0.15, 0.2) is 60.7 Å². The third-order valence-corrected chi connectivity index (χ3v) is 8.11. The molecule has 3 aromatic rings. The Balaban J connectivity index is 1.32. The minimum absolute atomic E-state index is 0.0257. The number of hydrogen-bond donors (Lipinski definition) is 3. The molecule has 0 aliphatic carbocycles. The number of methoxy groups -OCH3 is 2. The predicted octanol–water partition coefficient (Wildman–Crippen LogP) is 4.99. The fraction of sp³-hybridized carbons (Fsp3) is 0.412. The molecule has 3 atom stereocenters. The molecule has 2 aliphatic heterocycles. The molecule has 10 heteroatoms. The largest absolute Gasteiger partial charge is 0.493 e. The van der Waals surface area contributed by atoms with Crippen LogP contribution in [-0.2, 0) is 38.6 Å². The Morgan fingerprint density at radius 2 is 1.70 bits per heavy atom. The molecule has 2 heterocycles. The van der Waals surface area contributed by atoms with Gasteiger partial charge in [-0.3, -0.25) is 14.5 Å². The summed E-state index contributed by atoms with van der Waals surface area (Å²) in [5.41, 5.74) is 5.67. The lowest BCUT2D eigenvalue weighted by molar-refractivity contribution is -0.253. The van der Waals surface area contributed by atoms with Crippen molar-refractivity contribution >= 4 is 17.6 Å². The van der Waals surface area contributed by atoms with Crippen LogP contribution in [0, 0.1) is 0 Å². The summed E-state index contributed by atoms with van der Waals surface area (Å²) in [6, 6.07) is 19.3. The van der Waals surface area contributed by atoms with Gasteiger partial charge in [0.15, 0.2) is 17.8 Å². The van der Waals surface area contributed by atoms with Crippen molar-refractivity contribution in [2.45, 2.75) is 63.8 Å². The zero-order chi connectivity index (χ0) is 31.1. The van der Waals surface area contributed by atoms with Crippen molar-refractivity contribution in [2.24, 2.45) is 0 Å². The summed E-state index contributed by atoms with van der Waals surface area (Å²) in [6.07, 6.45) is 0.862. The van der Waals surface area contributed by atoms with E-state index in [0.29, 0.717) is 18.7 Å². The van der Waals surface area contributed by atoms with E-state index >= 15 is 0 Å². The van der Waals surface area contributed by atoms with Gasteiger partial charge in [0.25, 0.3) is 0 Å². The molecule has 3 N–H and O–H groups in total. The van der Waals surface area contributed by atoms with Gasteiger partial charge in [0.1, 0.15) is 0 Å². The van der Waals surface area contributed by atoms with Gasteiger partial charge in [-0.05, 0) is 59.4 Å². The Kier molecular flexibility index (Phi) is 10.5. The van der Waals surface area contributed by atoms with Crippen LogP contribution in [0.3, 0.4) is 0 Å². The van der Waals surface area contributed by atoms with E-state index in [0.717, 1.165) is 47.7 Å². The first kappa shape index (κ1) is 31.5. The topological polar surface area (TPSA) is 127 Å². The minimum atomic E-state index is -0.921. The van der Waals surface area contributed by atoms with Crippen LogP contribution in [0.2, 0.25) is 0 Å². The molecule has 0 radical (unpaired) electrons. The molecular weight excluding hydrogens is 564 g/mol. The Labute approximate surface area is 257 Å². The highest BCUT2D eigenvalue weighted by Crippen LogP contribution is 2.39. The number of aliphatic hydroxyl groups excluding tert-OH is 1. The summed E-state index contributed by atoms with van der Waals surface area (Å²) in [6.45, 7) is 2.33. The number of carboxylic acids is 1. The van der Waals surface area contributed by atoms with Crippen LogP contribution in [0.25, 0.3) is 0 Å². The van der Waals surface area contributed by atoms with Gasteiger partial charge in [-0.25, -0.2) is 0 Å². The minimum Gasteiger partial charge on any atom is -0.493 e. The van der Waals surface area contributed by atoms with Gasteiger partial charge >= 0.3 is 5.97 Å². The molecular formula is C34H40N2O8. The number of aliphatic hydroxyl groups is 1. The number of carboxylic acid groups (broad SMARTS) is 1. The molecule has 5 rings (SSSR count). The predicted molar refractivity (Wildman–Crippen MR) is 164 cm³/mol. The van der Waals surface area contributed by atoms with Gasteiger partial charge in [0.2, 0.25) is 5.91 Å². The van der Waals surface area contributed by atoms with Crippen molar-refractivity contribution in [2.75, 3.05) is 32.6 Å². The summed E-state index contributed by atoms with van der Waals surface area (Å²) in [4.78, 5) is 25.6. The Morgan fingerprint density at radius 3 is 2.41 bits per heavy atom. The molecule has 0 unspecified atom stereocenters. The molecule has 0 spiro atoms. The molecule has 3 aromatic carbocycles. The van der Waals surface area contributed by atoms with E-state index in [4.69, 9.17) is 24.1 Å². The fourth-order valence-electron chi connectivity index (χ4n) is 5.81. The second-order valence-corrected chi connectivity index (χ2v) is 11.2. The van der Waals surface area contributed by atoms with Crippen LogP contribution in [-0.4, -0.2) is 60.4 Å². The second-order valence-electron chi connectivity index (χ2n) is 11.2.